The van der Waals surface area contributed by atoms with Gasteiger partial charge in [-0.05, 0) is 32.1 Å². The monoisotopic (exact) mass is 266 g/mol. The van der Waals surface area contributed by atoms with Crippen molar-refractivity contribution in [1.82, 2.24) is 10.2 Å². The normalized spacial score (nSPS) is 34.1. The molecule has 0 aromatic heterocycles. The van der Waals surface area contributed by atoms with Crippen molar-refractivity contribution >= 4 is 11.9 Å². The number of carbonyl (C=O) groups is 2. The summed E-state index contributed by atoms with van der Waals surface area (Å²) in [5, 5.41) is 12.5. The molecule has 3 fully saturated rings. The Labute approximate surface area is 113 Å². The highest BCUT2D eigenvalue weighted by molar-refractivity contribution is 5.82. The Morgan fingerprint density at radius 3 is 2.53 bits per heavy atom. The number of carbonyl (C=O) groups excluding carboxylic acids is 1. The Kier molecular flexibility index (Phi) is 3.48. The fraction of sp³-hybridized carbons (Fsp3) is 0.857. The minimum atomic E-state index is -0.742. The van der Waals surface area contributed by atoms with E-state index in [1.165, 1.54) is 12.8 Å². The third-order valence-electron chi connectivity index (χ3n) is 5.04. The number of hydrogen-bond donors (Lipinski definition) is 2. The quantitative estimate of drug-likeness (QED) is 0.796. The number of amides is 1. The van der Waals surface area contributed by atoms with Crippen LogP contribution in [0.15, 0.2) is 0 Å². The molecule has 1 aliphatic carbocycles. The van der Waals surface area contributed by atoms with E-state index in [0.717, 1.165) is 25.7 Å². The molecule has 2 heterocycles. The Morgan fingerprint density at radius 1 is 1.16 bits per heavy atom. The highest BCUT2D eigenvalue weighted by Crippen LogP contribution is 2.41. The lowest BCUT2D eigenvalue weighted by Gasteiger charge is -2.24. The molecule has 19 heavy (non-hydrogen) atoms. The Hall–Kier alpha value is -1.10. The summed E-state index contributed by atoms with van der Waals surface area (Å²) >= 11 is 0. The van der Waals surface area contributed by atoms with Gasteiger partial charge in [0.2, 0.25) is 5.91 Å². The highest BCUT2D eigenvalue weighted by Gasteiger charge is 2.51. The number of rotatable bonds is 4. The largest absolute Gasteiger partial charge is 0.481 e. The minimum Gasteiger partial charge on any atom is -0.481 e. The van der Waals surface area contributed by atoms with Gasteiger partial charge in [-0.3, -0.25) is 9.59 Å². The van der Waals surface area contributed by atoms with Crippen molar-refractivity contribution < 1.29 is 14.7 Å². The van der Waals surface area contributed by atoms with Crippen LogP contribution < -0.4 is 5.32 Å². The van der Waals surface area contributed by atoms with Crippen molar-refractivity contribution in [2.45, 2.75) is 63.1 Å². The van der Waals surface area contributed by atoms with Crippen LogP contribution in [-0.2, 0) is 9.59 Å². The zero-order valence-electron chi connectivity index (χ0n) is 11.2. The summed E-state index contributed by atoms with van der Waals surface area (Å²) in [7, 11) is 0. The van der Waals surface area contributed by atoms with Crippen LogP contribution in [0.3, 0.4) is 0 Å². The molecule has 0 spiro atoms. The van der Waals surface area contributed by atoms with E-state index in [2.05, 4.69) is 5.32 Å². The van der Waals surface area contributed by atoms with Crippen molar-refractivity contribution in [2.24, 2.45) is 5.92 Å². The summed E-state index contributed by atoms with van der Waals surface area (Å²) in [4.78, 5) is 25.3. The lowest BCUT2D eigenvalue weighted by Crippen LogP contribution is -2.44. The number of carboxylic acid groups (broad SMARTS) is 1. The van der Waals surface area contributed by atoms with Gasteiger partial charge in [-0.2, -0.15) is 0 Å². The van der Waals surface area contributed by atoms with E-state index in [1.807, 2.05) is 4.90 Å². The zero-order valence-corrected chi connectivity index (χ0v) is 11.2. The second-order valence-corrected chi connectivity index (χ2v) is 6.14. The van der Waals surface area contributed by atoms with Gasteiger partial charge in [0, 0.05) is 18.1 Å². The molecule has 0 radical (unpaired) electrons. The number of carboxylic acids is 1. The number of nitrogens with one attached hydrogen (secondary N) is 1. The van der Waals surface area contributed by atoms with Gasteiger partial charge in [-0.25, -0.2) is 0 Å². The predicted octanol–water partition coefficient (Wildman–Crippen LogP) is 0.983. The van der Waals surface area contributed by atoms with Gasteiger partial charge in [0.15, 0.2) is 0 Å². The fourth-order valence-electron chi connectivity index (χ4n) is 4.10. The van der Waals surface area contributed by atoms with Crippen LogP contribution in [0.5, 0.6) is 0 Å². The molecule has 1 saturated carbocycles. The lowest BCUT2D eigenvalue weighted by atomic mass is 9.89. The van der Waals surface area contributed by atoms with Gasteiger partial charge in [0.25, 0.3) is 0 Å². The molecule has 0 aromatic carbocycles. The topological polar surface area (TPSA) is 69.6 Å². The van der Waals surface area contributed by atoms with Gasteiger partial charge in [-0.15, -0.1) is 0 Å². The second kappa shape index (κ2) is 5.12. The van der Waals surface area contributed by atoms with Gasteiger partial charge in [0.05, 0.1) is 12.5 Å². The van der Waals surface area contributed by atoms with E-state index < -0.39 is 5.97 Å². The van der Waals surface area contributed by atoms with Gasteiger partial charge in [-0.1, -0.05) is 12.8 Å². The molecule has 5 nitrogen and oxygen atoms in total. The molecule has 0 aromatic rings. The first kappa shape index (κ1) is 12.9. The highest BCUT2D eigenvalue weighted by atomic mass is 16.4. The molecule has 3 aliphatic rings. The molecule has 3 rings (SSSR count). The Morgan fingerprint density at radius 2 is 1.89 bits per heavy atom. The Balaban J connectivity index is 1.56. The first-order valence-corrected chi connectivity index (χ1v) is 7.44. The van der Waals surface area contributed by atoms with Gasteiger partial charge >= 0.3 is 5.97 Å². The summed E-state index contributed by atoms with van der Waals surface area (Å²) in [5.74, 6) is -0.980. The zero-order chi connectivity index (χ0) is 13.4. The maximum atomic E-state index is 12.3. The van der Waals surface area contributed by atoms with E-state index in [0.29, 0.717) is 19.0 Å². The van der Waals surface area contributed by atoms with Gasteiger partial charge < -0.3 is 15.3 Å². The molecule has 2 aliphatic heterocycles. The van der Waals surface area contributed by atoms with E-state index in [4.69, 9.17) is 0 Å². The molecule has 2 bridgehead atoms. The van der Waals surface area contributed by atoms with Crippen molar-refractivity contribution in [1.29, 1.82) is 0 Å². The third-order valence-corrected chi connectivity index (χ3v) is 5.04. The summed E-state index contributed by atoms with van der Waals surface area (Å²) < 4.78 is 0. The first-order chi connectivity index (χ1) is 9.16. The van der Waals surface area contributed by atoms with Crippen molar-refractivity contribution in [2.75, 3.05) is 6.54 Å². The molecule has 106 valence electrons. The van der Waals surface area contributed by atoms with Crippen LogP contribution in [0.2, 0.25) is 0 Å². The van der Waals surface area contributed by atoms with Crippen molar-refractivity contribution in [3.05, 3.63) is 0 Å². The van der Waals surface area contributed by atoms with Crippen molar-refractivity contribution in [3.63, 3.8) is 0 Å². The van der Waals surface area contributed by atoms with E-state index in [9.17, 15) is 14.7 Å². The maximum absolute atomic E-state index is 12.3. The standard InChI is InChI=1S/C14H22N2O3/c17-13(8-15-9-3-1-2-4-9)16-10-5-6-12(16)11(7-10)14(18)19/h9-12,15H,1-8H2,(H,18,19). The van der Waals surface area contributed by atoms with Gasteiger partial charge in [0.1, 0.15) is 0 Å². The van der Waals surface area contributed by atoms with Crippen LogP contribution in [0.25, 0.3) is 0 Å². The van der Waals surface area contributed by atoms with E-state index in [-0.39, 0.29) is 23.9 Å². The number of fused-ring (bicyclic) bond motifs is 2. The van der Waals surface area contributed by atoms with E-state index >= 15 is 0 Å². The van der Waals surface area contributed by atoms with Crippen LogP contribution in [0, 0.1) is 5.92 Å². The smallest absolute Gasteiger partial charge is 0.308 e. The predicted molar refractivity (Wildman–Crippen MR) is 69.7 cm³/mol. The molecule has 3 unspecified atom stereocenters. The van der Waals surface area contributed by atoms with Crippen LogP contribution >= 0.6 is 0 Å². The molecular formula is C14H22N2O3. The summed E-state index contributed by atoms with van der Waals surface area (Å²) in [6.45, 7) is 0.379. The van der Waals surface area contributed by atoms with Crippen molar-refractivity contribution in [3.8, 4) is 0 Å². The van der Waals surface area contributed by atoms with Crippen LogP contribution in [0.1, 0.15) is 44.9 Å². The molecule has 1 amide bonds. The molecule has 3 atom stereocenters. The molecule has 2 N–H and O–H groups in total. The number of hydrogen-bond acceptors (Lipinski definition) is 3. The van der Waals surface area contributed by atoms with Crippen LogP contribution in [-0.4, -0.2) is 46.6 Å². The van der Waals surface area contributed by atoms with Crippen LogP contribution in [0.4, 0.5) is 0 Å². The molecule has 5 heteroatoms. The lowest BCUT2D eigenvalue weighted by molar-refractivity contribution is -0.143. The summed E-state index contributed by atoms with van der Waals surface area (Å²) in [6.07, 6.45) is 7.31. The number of aliphatic carboxylic acids is 1. The average molecular weight is 266 g/mol. The first-order valence-electron chi connectivity index (χ1n) is 7.44. The summed E-state index contributed by atoms with van der Waals surface area (Å²) in [6, 6.07) is 0.601. The SMILES string of the molecule is O=C(O)C1CC2CCC1N2C(=O)CNC1CCCC1. The molecular weight excluding hydrogens is 244 g/mol. The second-order valence-electron chi connectivity index (χ2n) is 6.14. The third kappa shape index (κ3) is 2.36. The average Bonchev–Trinajstić information content (AvgIpc) is 3.11. The Bertz CT molecular complexity index is 379. The fourth-order valence-corrected chi connectivity index (χ4v) is 4.10. The molecule has 2 saturated heterocycles. The number of nitrogens with zero attached hydrogens (tertiary/aromatic N) is 1. The minimum absolute atomic E-state index is 0.0552. The maximum Gasteiger partial charge on any atom is 0.308 e. The summed E-state index contributed by atoms with van der Waals surface area (Å²) in [5.41, 5.74) is 0. The van der Waals surface area contributed by atoms with E-state index in [1.54, 1.807) is 0 Å².